The van der Waals surface area contributed by atoms with Crippen molar-refractivity contribution in [2.45, 2.75) is 19.3 Å². The average molecular weight is 596 g/mol. The molecular weight excluding hydrogens is 567 g/mol. The number of hydrogen-bond acceptors (Lipinski definition) is 2. The van der Waals surface area contributed by atoms with Gasteiger partial charge in [-0.05, 0) is 81.4 Å². The lowest BCUT2D eigenvalue weighted by Gasteiger charge is -2.16. The lowest BCUT2D eigenvalue weighted by molar-refractivity contribution is 0.998. The summed E-state index contributed by atoms with van der Waals surface area (Å²) in [5.74, 6) is 0.588. The number of aryl methyl sites for hydroxylation is 1. The molecule has 45 heavy (non-hydrogen) atoms. The Morgan fingerprint density at radius 2 is 1.47 bits per heavy atom. The normalized spacial score (nSPS) is 13.4. The molecular formula is C41H29N3S. The summed E-state index contributed by atoms with van der Waals surface area (Å²) in [7, 11) is 0. The van der Waals surface area contributed by atoms with E-state index in [1.165, 1.54) is 64.7 Å². The molecule has 3 nitrogen and oxygen atoms in total. The van der Waals surface area contributed by atoms with E-state index in [9.17, 15) is 0 Å². The van der Waals surface area contributed by atoms with Crippen molar-refractivity contribution in [2.75, 3.05) is 0 Å². The number of thiophene rings is 1. The quantitative estimate of drug-likeness (QED) is 0.110. The van der Waals surface area contributed by atoms with E-state index in [4.69, 9.17) is 4.99 Å². The van der Waals surface area contributed by atoms with Crippen LogP contribution in [0.4, 0.5) is 5.00 Å². The first-order valence-corrected chi connectivity index (χ1v) is 16.3. The van der Waals surface area contributed by atoms with Gasteiger partial charge >= 0.3 is 0 Å². The molecule has 214 valence electrons. The number of allylic oxidation sites excluding steroid dienone is 1. The monoisotopic (exact) mass is 595 g/mol. The van der Waals surface area contributed by atoms with Crippen LogP contribution in [0.3, 0.4) is 0 Å². The number of para-hydroxylation sites is 1. The number of aromatic nitrogens is 1. The number of rotatable bonds is 3. The molecule has 0 unspecified atom stereocenters. The van der Waals surface area contributed by atoms with Gasteiger partial charge in [0, 0.05) is 27.5 Å². The van der Waals surface area contributed by atoms with E-state index in [0.717, 1.165) is 35.3 Å². The molecule has 8 aromatic rings. The standard InChI is InChI=1S/C41H29N3S/c1-42-41(43-40-34(25-26-11-3-2-4-12-26)30-15-8-10-18-37(30)45-40)44-35-17-9-7-16-33(35)39-32-22-21-28-20-19-27-13-5-6-14-29(27)38(28)31(32)23-24-36(39)44/h2-5,7-13,15-24H,1,6,14,25H2. The molecule has 0 aliphatic heterocycles. The summed E-state index contributed by atoms with van der Waals surface area (Å²) in [4.78, 5) is 9.90. The molecule has 2 heterocycles. The third kappa shape index (κ3) is 4.10. The molecule has 9 rings (SSSR count). The van der Waals surface area contributed by atoms with Crippen LogP contribution < -0.4 is 0 Å². The SMILES string of the molecule is C=NC(=Nc1sc2ccccc2c1Cc1ccccc1)n1c2ccccc2c2c3ccc4ccc5c(c4c3ccc21)CCC=C5. The smallest absolute Gasteiger partial charge is 0.235 e. The van der Waals surface area contributed by atoms with Gasteiger partial charge in [-0.25, -0.2) is 9.98 Å². The van der Waals surface area contributed by atoms with Gasteiger partial charge in [0.25, 0.3) is 0 Å². The second-order valence-electron chi connectivity index (χ2n) is 11.8. The zero-order valence-electron chi connectivity index (χ0n) is 24.7. The Morgan fingerprint density at radius 1 is 0.711 bits per heavy atom. The lowest BCUT2D eigenvalue weighted by atomic mass is 9.88. The Morgan fingerprint density at radius 3 is 2.36 bits per heavy atom. The number of nitrogens with zero attached hydrogens (tertiary/aromatic N) is 3. The second kappa shape index (κ2) is 10.4. The molecule has 0 N–H and O–H groups in total. The summed E-state index contributed by atoms with van der Waals surface area (Å²) in [5, 5.41) is 9.87. The number of aliphatic imine (C=N–C) groups is 2. The van der Waals surface area contributed by atoms with Crippen molar-refractivity contribution in [1.29, 1.82) is 0 Å². The van der Waals surface area contributed by atoms with Gasteiger partial charge in [0.1, 0.15) is 5.00 Å². The Kier molecular flexibility index (Phi) is 6.03. The highest BCUT2D eigenvalue weighted by Crippen LogP contribution is 2.42. The van der Waals surface area contributed by atoms with E-state index in [-0.39, 0.29) is 0 Å². The lowest BCUT2D eigenvalue weighted by Crippen LogP contribution is -2.08. The van der Waals surface area contributed by atoms with Gasteiger partial charge in [-0.2, -0.15) is 0 Å². The van der Waals surface area contributed by atoms with E-state index in [1.54, 1.807) is 11.3 Å². The maximum atomic E-state index is 5.30. The first kappa shape index (κ1) is 26.1. The van der Waals surface area contributed by atoms with E-state index in [1.807, 2.05) is 0 Å². The summed E-state index contributed by atoms with van der Waals surface area (Å²) in [5.41, 5.74) is 7.44. The molecule has 0 atom stereocenters. The first-order chi connectivity index (χ1) is 22.3. The third-order valence-electron chi connectivity index (χ3n) is 9.26. The van der Waals surface area contributed by atoms with Crippen LogP contribution in [0.5, 0.6) is 0 Å². The van der Waals surface area contributed by atoms with Crippen LogP contribution in [0.25, 0.3) is 59.5 Å². The number of benzene rings is 6. The zero-order valence-corrected chi connectivity index (χ0v) is 25.5. The minimum absolute atomic E-state index is 0.588. The molecule has 0 fully saturated rings. The summed E-state index contributed by atoms with van der Waals surface area (Å²) in [6, 6.07) is 41.5. The third-order valence-corrected chi connectivity index (χ3v) is 10.4. The molecule has 0 radical (unpaired) electrons. The zero-order chi connectivity index (χ0) is 29.9. The van der Waals surface area contributed by atoms with Crippen molar-refractivity contribution in [1.82, 2.24) is 4.57 Å². The summed E-state index contributed by atoms with van der Waals surface area (Å²) in [6.45, 7) is 4.04. The van der Waals surface area contributed by atoms with Crippen LogP contribution in [0.1, 0.15) is 28.7 Å². The first-order valence-electron chi connectivity index (χ1n) is 15.5. The second-order valence-corrected chi connectivity index (χ2v) is 12.8. The highest BCUT2D eigenvalue weighted by molar-refractivity contribution is 7.22. The maximum Gasteiger partial charge on any atom is 0.235 e. The fraction of sp³-hybridized carbons (Fsp3) is 0.0732. The van der Waals surface area contributed by atoms with Crippen LogP contribution in [0.15, 0.2) is 131 Å². The summed E-state index contributed by atoms with van der Waals surface area (Å²) < 4.78 is 3.42. The van der Waals surface area contributed by atoms with E-state index in [2.05, 4.69) is 144 Å². The Labute approximate surface area is 265 Å². The molecule has 6 aromatic carbocycles. The van der Waals surface area contributed by atoms with Gasteiger partial charge in [-0.3, -0.25) is 4.57 Å². The van der Waals surface area contributed by atoms with Gasteiger partial charge in [0.15, 0.2) is 0 Å². The molecule has 0 saturated heterocycles. The summed E-state index contributed by atoms with van der Waals surface area (Å²) in [6.07, 6.45) is 7.52. The fourth-order valence-corrected chi connectivity index (χ4v) is 8.35. The van der Waals surface area contributed by atoms with Crippen molar-refractivity contribution >= 4 is 88.5 Å². The molecule has 2 aromatic heterocycles. The minimum atomic E-state index is 0.588. The molecule has 1 aliphatic rings. The molecule has 0 amide bonds. The van der Waals surface area contributed by atoms with Crippen LogP contribution in [0, 0.1) is 0 Å². The van der Waals surface area contributed by atoms with E-state index >= 15 is 0 Å². The van der Waals surface area contributed by atoms with Crippen molar-refractivity contribution in [3.05, 3.63) is 144 Å². The van der Waals surface area contributed by atoms with Gasteiger partial charge in [0.2, 0.25) is 5.96 Å². The average Bonchev–Trinajstić information content (AvgIpc) is 3.62. The maximum absolute atomic E-state index is 5.30. The molecule has 0 spiro atoms. The van der Waals surface area contributed by atoms with Crippen molar-refractivity contribution in [2.24, 2.45) is 9.98 Å². The predicted octanol–water partition coefficient (Wildman–Crippen LogP) is 11.1. The van der Waals surface area contributed by atoms with Gasteiger partial charge < -0.3 is 0 Å². The van der Waals surface area contributed by atoms with Crippen molar-refractivity contribution < 1.29 is 0 Å². The fourth-order valence-electron chi connectivity index (χ4n) is 7.26. The Hall–Kier alpha value is -5.32. The molecule has 4 heteroatoms. The van der Waals surface area contributed by atoms with Crippen LogP contribution in [-0.2, 0) is 12.8 Å². The van der Waals surface area contributed by atoms with Crippen LogP contribution in [-0.4, -0.2) is 17.2 Å². The largest absolute Gasteiger partial charge is 0.278 e. The number of hydrogen-bond donors (Lipinski definition) is 0. The van der Waals surface area contributed by atoms with Gasteiger partial charge in [-0.1, -0.05) is 109 Å². The van der Waals surface area contributed by atoms with E-state index in [0.29, 0.717) is 5.96 Å². The van der Waals surface area contributed by atoms with Crippen LogP contribution in [0.2, 0.25) is 0 Å². The number of fused-ring (bicyclic) bond motifs is 10. The molecule has 0 bridgehead atoms. The van der Waals surface area contributed by atoms with Crippen molar-refractivity contribution in [3.8, 4) is 0 Å². The minimum Gasteiger partial charge on any atom is -0.278 e. The van der Waals surface area contributed by atoms with Crippen LogP contribution >= 0.6 is 11.3 Å². The van der Waals surface area contributed by atoms with Gasteiger partial charge in [-0.15, -0.1) is 11.3 Å². The molecule has 1 aliphatic carbocycles. The molecule has 0 saturated carbocycles. The highest BCUT2D eigenvalue weighted by Gasteiger charge is 2.20. The van der Waals surface area contributed by atoms with E-state index < -0.39 is 0 Å². The summed E-state index contributed by atoms with van der Waals surface area (Å²) >= 11 is 1.72. The topological polar surface area (TPSA) is 29.6 Å². The Balaban J connectivity index is 1.31. The van der Waals surface area contributed by atoms with Crippen molar-refractivity contribution in [3.63, 3.8) is 0 Å². The van der Waals surface area contributed by atoms with Gasteiger partial charge in [0.05, 0.1) is 11.0 Å². The highest BCUT2D eigenvalue weighted by atomic mass is 32.1. The Bertz CT molecular complexity index is 2530. The predicted molar refractivity (Wildman–Crippen MR) is 195 cm³/mol.